The minimum absolute atomic E-state index is 0.0125. The molecule has 1 fully saturated rings. The molecule has 0 saturated heterocycles. The second-order valence-corrected chi connectivity index (χ2v) is 4.17. The van der Waals surface area contributed by atoms with Gasteiger partial charge in [0.2, 0.25) is 0 Å². The second-order valence-electron chi connectivity index (χ2n) is 4.17. The van der Waals surface area contributed by atoms with Crippen LogP contribution in [0, 0.1) is 11.8 Å². The Kier molecular flexibility index (Phi) is 5.45. The Bertz CT molecular complexity index is 141. The molecule has 84 valence electrons. The molecule has 1 rings (SSSR count). The summed E-state index contributed by atoms with van der Waals surface area (Å²) in [6.07, 6.45) is 5.12. The molecule has 0 aromatic heterocycles. The third-order valence-electron chi connectivity index (χ3n) is 3.25. The zero-order valence-corrected chi connectivity index (χ0v) is 8.98. The van der Waals surface area contributed by atoms with Crippen molar-refractivity contribution in [3.8, 4) is 0 Å². The van der Waals surface area contributed by atoms with Gasteiger partial charge in [0.1, 0.15) is 0 Å². The normalized spacial score (nSPS) is 30.2. The van der Waals surface area contributed by atoms with E-state index in [9.17, 15) is 5.11 Å². The molecular weight excluding hydrogens is 180 g/mol. The Morgan fingerprint density at radius 3 is 2.43 bits per heavy atom. The molecule has 0 aliphatic heterocycles. The maximum absolute atomic E-state index is 9.63. The Balaban J connectivity index is 2.19. The van der Waals surface area contributed by atoms with E-state index < -0.39 is 6.29 Å². The molecule has 0 spiro atoms. The molecule has 14 heavy (non-hydrogen) atoms. The number of ether oxygens (including phenoxy) is 1. The Hall–Kier alpha value is -0.120. The van der Waals surface area contributed by atoms with Crippen molar-refractivity contribution in [2.24, 2.45) is 11.8 Å². The van der Waals surface area contributed by atoms with Crippen LogP contribution in [0.3, 0.4) is 0 Å². The summed E-state index contributed by atoms with van der Waals surface area (Å²) in [7, 11) is 0. The highest BCUT2D eigenvalue weighted by molar-refractivity contribution is 4.73. The SMILES string of the molecule is CCC1CCC(C(O)OCCO)CC1. The third kappa shape index (κ3) is 3.56. The van der Waals surface area contributed by atoms with Gasteiger partial charge in [0.15, 0.2) is 6.29 Å². The average Bonchev–Trinajstić information content (AvgIpc) is 2.26. The van der Waals surface area contributed by atoms with Crippen LogP contribution >= 0.6 is 0 Å². The van der Waals surface area contributed by atoms with Crippen molar-refractivity contribution in [2.45, 2.75) is 45.3 Å². The van der Waals surface area contributed by atoms with E-state index in [0.717, 1.165) is 18.8 Å². The summed E-state index contributed by atoms with van der Waals surface area (Å²) in [5.41, 5.74) is 0. The maximum Gasteiger partial charge on any atom is 0.157 e. The lowest BCUT2D eigenvalue weighted by molar-refractivity contribution is -0.148. The topological polar surface area (TPSA) is 49.7 Å². The average molecular weight is 202 g/mol. The highest BCUT2D eigenvalue weighted by atomic mass is 16.6. The molecule has 1 aliphatic rings. The predicted octanol–water partition coefficient (Wildman–Crippen LogP) is 1.53. The second kappa shape index (κ2) is 6.38. The number of hydrogen-bond acceptors (Lipinski definition) is 3. The monoisotopic (exact) mass is 202 g/mol. The lowest BCUT2D eigenvalue weighted by Gasteiger charge is -2.30. The molecule has 3 heteroatoms. The highest BCUT2D eigenvalue weighted by Crippen LogP contribution is 2.32. The van der Waals surface area contributed by atoms with Gasteiger partial charge in [0, 0.05) is 5.92 Å². The number of rotatable bonds is 5. The molecule has 0 amide bonds. The molecule has 3 nitrogen and oxygen atoms in total. The van der Waals surface area contributed by atoms with Crippen LogP contribution in [0.25, 0.3) is 0 Å². The van der Waals surface area contributed by atoms with E-state index in [-0.39, 0.29) is 19.1 Å². The van der Waals surface area contributed by atoms with Crippen LogP contribution in [0.4, 0.5) is 0 Å². The first kappa shape index (κ1) is 12.0. The van der Waals surface area contributed by atoms with Gasteiger partial charge in [-0.3, -0.25) is 0 Å². The van der Waals surface area contributed by atoms with E-state index in [1.807, 2.05) is 0 Å². The van der Waals surface area contributed by atoms with E-state index in [1.54, 1.807) is 0 Å². The molecule has 1 unspecified atom stereocenters. The van der Waals surface area contributed by atoms with Crippen LogP contribution in [-0.2, 0) is 4.74 Å². The molecule has 0 bridgehead atoms. The first-order valence-corrected chi connectivity index (χ1v) is 5.68. The van der Waals surface area contributed by atoms with Gasteiger partial charge >= 0.3 is 0 Å². The molecule has 0 radical (unpaired) electrons. The summed E-state index contributed by atoms with van der Waals surface area (Å²) in [5, 5.41) is 18.2. The Morgan fingerprint density at radius 1 is 1.29 bits per heavy atom. The predicted molar refractivity (Wildman–Crippen MR) is 54.8 cm³/mol. The fourth-order valence-corrected chi connectivity index (χ4v) is 2.19. The standard InChI is InChI=1S/C11H22O3/c1-2-9-3-5-10(6-4-9)11(13)14-8-7-12/h9-13H,2-8H2,1H3. The maximum atomic E-state index is 9.63. The molecule has 1 aliphatic carbocycles. The number of aliphatic hydroxyl groups excluding tert-OH is 2. The number of aliphatic hydroxyl groups is 2. The zero-order chi connectivity index (χ0) is 10.4. The summed E-state index contributed by atoms with van der Waals surface area (Å²) in [5.74, 6) is 1.13. The first-order chi connectivity index (χ1) is 6.77. The third-order valence-corrected chi connectivity index (χ3v) is 3.25. The molecule has 0 heterocycles. The van der Waals surface area contributed by atoms with E-state index in [4.69, 9.17) is 9.84 Å². The van der Waals surface area contributed by atoms with Gasteiger partial charge in [-0.2, -0.15) is 0 Å². The van der Waals surface area contributed by atoms with Gasteiger partial charge < -0.3 is 14.9 Å². The van der Waals surface area contributed by atoms with Crippen LogP contribution in [0.1, 0.15) is 39.0 Å². The summed E-state index contributed by atoms with van der Waals surface area (Å²) in [6, 6.07) is 0. The summed E-state index contributed by atoms with van der Waals surface area (Å²) in [6.45, 7) is 2.46. The van der Waals surface area contributed by atoms with Gasteiger partial charge in [-0.25, -0.2) is 0 Å². The lowest BCUT2D eigenvalue weighted by atomic mass is 9.80. The lowest BCUT2D eigenvalue weighted by Crippen LogP contribution is -2.28. The van der Waals surface area contributed by atoms with E-state index in [0.29, 0.717) is 0 Å². The first-order valence-electron chi connectivity index (χ1n) is 5.68. The van der Waals surface area contributed by atoms with Crippen LogP contribution in [0.15, 0.2) is 0 Å². The fourth-order valence-electron chi connectivity index (χ4n) is 2.19. The molecule has 0 aromatic carbocycles. The van der Waals surface area contributed by atoms with Gasteiger partial charge in [0.05, 0.1) is 13.2 Å². The van der Waals surface area contributed by atoms with Gasteiger partial charge in [-0.15, -0.1) is 0 Å². The van der Waals surface area contributed by atoms with Crippen LogP contribution in [0.2, 0.25) is 0 Å². The minimum Gasteiger partial charge on any atom is -0.394 e. The molecular formula is C11H22O3. The van der Waals surface area contributed by atoms with E-state index >= 15 is 0 Å². The van der Waals surface area contributed by atoms with Crippen molar-refractivity contribution in [1.82, 2.24) is 0 Å². The van der Waals surface area contributed by atoms with Crippen LogP contribution in [0.5, 0.6) is 0 Å². The molecule has 1 atom stereocenters. The number of hydrogen-bond donors (Lipinski definition) is 2. The molecule has 1 saturated carbocycles. The Labute approximate surface area is 86.1 Å². The highest BCUT2D eigenvalue weighted by Gasteiger charge is 2.25. The van der Waals surface area contributed by atoms with Gasteiger partial charge in [0.25, 0.3) is 0 Å². The fraction of sp³-hybridized carbons (Fsp3) is 1.00. The Morgan fingerprint density at radius 2 is 1.93 bits per heavy atom. The van der Waals surface area contributed by atoms with Gasteiger partial charge in [-0.1, -0.05) is 26.2 Å². The van der Waals surface area contributed by atoms with E-state index in [2.05, 4.69) is 6.92 Å². The summed E-state index contributed by atoms with van der Waals surface area (Å²) in [4.78, 5) is 0. The van der Waals surface area contributed by atoms with Crippen LogP contribution < -0.4 is 0 Å². The van der Waals surface area contributed by atoms with Crippen molar-refractivity contribution in [3.63, 3.8) is 0 Å². The minimum atomic E-state index is -0.667. The van der Waals surface area contributed by atoms with Crippen LogP contribution in [-0.4, -0.2) is 29.7 Å². The van der Waals surface area contributed by atoms with Gasteiger partial charge in [-0.05, 0) is 18.8 Å². The van der Waals surface area contributed by atoms with Crippen molar-refractivity contribution < 1.29 is 14.9 Å². The smallest absolute Gasteiger partial charge is 0.157 e. The zero-order valence-electron chi connectivity index (χ0n) is 8.98. The quantitative estimate of drug-likeness (QED) is 0.665. The summed E-state index contributed by atoms with van der Waals surface area (Å²) >= 11 is 0. The summed E-state index contributed by atoms with van der Waals surface area (Å²) < 4.78 is 5.11. The molecule has 0 aromatic rings. The van der Waals surface area contributed by atoms with Crippen molar-refractivity contribution in [2.75, 3.05) is 13.2 Å². The van der Waals surface area contributed by atoms with Crippen molar-refractivity contribution >= 4 is 0 Å². The van der Waals surface area contributed by atoms with E-state index in [1.165, 1.54) is 19.3 Å². The van der Waals surface area contributed by atoms with Crippen molar-refractivity contribution in [1.29, 1.82) is 0 Å². The largest absolute Gasteiger partial charge is 0.394 e. The van der Waals surface area contributed by atoms with Crippen molar-refractivity contribution in [3.05, 3.63) is 0 Å². The molecule has 2 N–H and O–H groups in total.